The van der Waals surface area contributed by atoms with Gasteiger partial charge in [0.25, 0.3) is 5.91 Å². The topological polar surface area (TPSA) is 75.4 Å². The van der Waals surface area contributed by atoms with Crippen LogP contribution in [-0.2, 0) is 17.6 Å². The van der Waals surface area contributed by atoms with Crippen molar-refractivity contribution in [3.05, 3.63) is 40.6 Å². The van der Waals surface area contributed by atoms with E-state index in [0.29, 0.717) is 36.5 Å². The third kappa shape index (κ3) is 1.99. The molecular formula is C16H15N3O3. The van der Waals surface area contributed by atoms with Crippen molar-refractivity contribution in [2.45, 2.75) is 26.2 Å². The van der Waals surface area contributed by atoms with Crippen molar-refractivity contribution < 1.29 is 14.1 Å². The van der Waals surface area contributed by atoms with Crippen LogP contribution < -0.4 is 10.2 Å². The van der Waals surface area contributed by atoms with E-state index < -0.39 is 0 Å². The molecule has 0 unspecified atom stereocenters. The Kier molecular flexibility index (Phi) is 2.79. The summed E-state index contributed by atoms with van der Waals surface area (Å²) in [6, 6.07) is 5.43. The molecule has 1 aromatic heterocycles. The Bertz CT molecular complexity index is 794. The zero-order valence-electron chi connectivity index (χ0n) is 12.2. The van der Waals surface area contributed by atoms with Gasteiger partial charge in [0.05, 0.1) is 5.69 Å². The molecule has 4 rings (SSSR count). The number of benzene rings is 1. The highest BCUT2D eigenvalue weighted by Gasteiger charge is 2.32. The predicted molar refractivity (Wildman–Crippen MR) is 80.0 cm³/mol. The number of nitrogens with one attached hydrogen (secondary N) is 1. The summed E-state index contributed by atoms with van der Waals surface area (Å²) in [5, 5.41) is 6.50. The lowest BCUT2D eigenvalue weighted by molar-refractivity contribution is -0.118. The third-order valence-corrected chi connectivity index (χ3v) is 4.18. The second-order valence-electron chi connectivity index (χ2n) is 5.72. The normalized spacial score (nSPS) is 15.9. The monoisotopic (exact) mass is 297 g/mol. The van der Waals surface area contributed by atoms with E-state index in [4.69, 9.17) is 4.52 Å². The van der Waals surface area contributed by atoms with Gasteiger partial charge in [-0.1, -0.05) is 5.16 Å². The molecule has 0 aliphatic carbocycles. The first-order valence-electron chi connectivity index (χ1n) is 7.32. The average Bonchev–Trinajstić information content (AvgIpc) is 3.10. The lowest BCUT2D eigenvalue weighted by Crippen LogP contribution is -2.33. The number of aryl methyl sites for hydroxylation is 2. The number of carbonyl (C=O) groups is 2. The van der Waals surface area contributed by atoms with E-state index >= 15 is 0 Å². The van der Waals surface area contributed by atoms with Gasteiger partial charge < -0.3 is 14.7 Å². The molecule has 2 aliphatic rings. The van der Waals surface area contributed by atoms with Crippen LogP contribution in [0.4, 0.5) is 11.5 Å². The fraction of sp³-hybridized carbons (Fsp3) is 0.312. The van der Waals surface area contributed by atoms with E-state index in [9.17, 15) is 9.59 Å². The van der Waals surface area contributed by atoms with Crippen LogP contribution in [0.2, 0.25) is 0 Å². The predicted octanol–water partition coefficient (Wildman–Crippen LogP) is 2.07. The first kappa shape index (κ1) is 13.1. The highest BCUT2D eigenvalue weighted by Crippen LogP contribution is 2.37. The molecule has 1 N–H and O–H groups in total. The van der Waals surface area contributed by atoms with Gasteiger partial charge in [0.2, 0.25) is 5.91 Å². The van der Waals surface area contributed by atoms with Gasteiger partial charge in [-0.05, 0) is 43.0 Å². The van der Waals surface area contributed by atoms with Crippen LogP contribution in [0.3, 0.4) is 0 Å². The molecule has 0 bridgehead atoms. The number of carbonyl (C=O) groups excluding carboxylic acids is 2. The average molecular weight is 297 g/mol. The van der Waals surface area contributed by atoms with Crippen molar-refractivity contribution in [3.63, 3.8) is 0 Å². The van der Waals surface area contributed by atoms with Gasteiger partial charge in [-0.25, -0.2) is 0 Å². The molecule has 0 radical (unpaired) electrons. The number of hydrogen-bond acceptors (Lipinski definition) is 4. The van der Waals surface area contributed by atoms with Gasteiger partial charge in [-0.3, -0.25) is 9.59 Å². The number of rotatable bonds is 2. The van der Waals surface area contributed by atoms with E-state index in [-0.39, 0.29) is 11.8 Å². The Balaban J connectivity index is 1.67. The molecule has 2 aromatic rings. The quantitative estimate of drug-likeness (QED) is 0.920. The number of amides is 2. The van der Waals surface area contributed by atoms with E-state index in [2.05, 4.69) is 10.5 Å². The third-order valence-electron chi connectivity index (χ3n) is 4.18. The Morgan fingerprint density at radius 1 is 1.23 bits per heavy atom. The van der Waals surface area contributed by atoms with Crippen molar-refractivity contribution in [2.24, 2.45) is 0 Å². The molecule has 0 spiro atoms. The molecule has 0 saturated carbocycles. The Labute approximate surface area is 127 Å². The van der Waals surface area contributed by atoms with Gasteiger partial charge in [-0.2, -0.15) is 0 Å². The van der Waals surface area contributed by atoms with E-state index in [1.165, 1.54) is 0 Å². The van der Waals surface area contributed by atoms with Crippen LogP contribution in [0, 0.1) is 6.92 Å². The van der Waals surface area contributed by atoms with Crippen LogP contribution in [0.25, 0.3) is 0 Å². The molecule has 22 heavy (non-hydrogen) atoms. The van der Waals surface area contributed by atoms with Crippen LogP contribution in [-0.4, -0.2) is 23.5 Å². The smallest absolute Gasteiger partial charge is 0.256 e. The van der Waals surface area contributed by atoms with Crippen molar-refractivity contribution >= 4 is 23.3 Å². The Morgan fingerprint density at radius 3 is 2.73 bits per heavy atom. The highest BCUT2D eigenvalue weighted by atomic mass is 16.5. The summed E-state index contributed by atoms with van der Waals surface area (Å²) in [7, 11) is 0. The Morgan fingerprint density at radius 2 is 2.00 bits per heavy atom. The molecular weight excluding hydrogens is 282 g/mol. The zero-order valence-corrected chi connectivity index (χ0v) is 12.2. The molecule has 3 heterocycles. The van der Waals surface area contributed by atoms with Crippen LogP contribution >= 0.6 is 0 Å². The maximum atomic E-state index is 12.4. The van der Waals surface area contributed by atoms with Crippen LogP contribution in [0.15, 0.2) is 22.7 Å². The summed E-state index contributed by atoms with van der Waals surface area (Å²) >= 11 is 0. The van der Waals surface area contributed by atoms with E-state index in [1.807, 2.05) is 17.0 Å². The fourth-order valence-electron chi connectivity index (χ4n) is 3.20. The SMILES string of the molecule is Cc1cc(NC(=O)c2cc3c4c(c2)CCN4C(=O)CC3)no1. The van der Waals surface area contributed by atoms with Crippen molar-refractivity contribution in [1.29, 1.82) is 0 Å². The second kappa shape index (κ2) is 4.69. The van der Waals surface area contributed by atoms with Crippen molar-refractivity contribution in [3.8, 4) is 0 Å². The van der Waals surface area contributed by atoms with Gasteiger partial charge in [-0.15, -0.1) is 0 Å². The number of aromatic nitrogens is 1. The first-order valence-corrected chi connectivity index (χ1v) is 7.32. The summed E-state index contributed by atoms with van der Waals surface area (Å²) in [4.78, 5) is 26.1. The van der Waals surface area contributed by atoms with E-state index in [0.717, 1.165) is 23.2 Å². The molecule has 2 aliphatic heterocycles. The van der Waals surface area contributed by atoms with Crippen molar-refractivity contribution in [1.82, 2.24) is 5.16 Å². The summed E-state index contributed by atoms with van der Waals surface area (Å²) in [5.74, 6) is 1.03. The minimum atomic E-state index is -0.206. The molecule has 1 aromatic carbocycles. The van der Waals surface area contributed by atoms with E-state index in [1.54, 1.807) is 13.0 Å². The highest BCUT2D eigenvalue weighted by molar-refractivity contribution is 6.06. The number of nitrogens with zero attached hydrogens (tertiary/aromatic N) is 2. The fourth-order valence-corrected chi connectivity index (χ4v) is 3.20. The lowest BCUT2D eigenvalue weighted by atomic mass is 9.96. The van der Waals surface area contributed by atoms with Gasteiger partial charge in [0, 0.05) is 24.6 Å². The second-order valence-corrected chi connectivity index (χ2v) is 5.72. The molecule has 0 atom stereocenters. The van der Waals surface area contributed by atoms with Crippen molar-refractivity contribution in [2.75, 3.05) is 16.8 Å². The summed E-state index contributed by atoms with van der Waals surface area (Å²) < 4.78 is 4.95. The standard InChI is InChI=1S/C16H15N3O3/c1-9-6-13(18-22-9)17-16(21)12-7-10-2-3-14(20)19-5-4-11(8-12)15(10)19/h6-8H,2-5H2,1H3,(H,17,18,21). The molecule has 2 amide bonds. The zero-order chi connectivity index (χ0) is 15.3. The minimum Gasteiger partial charge on any atom is -0.360 e. The van der Waals surface area contributed by atoms with Gasteiger partial charge >= 0.3 is 0 Å². The maximum absolute atomic E-state index is 12.4. The summed E-state index contributed by atoms with van der Waals surface area (Å²) in [6.45, 7) is 2.49. The molecule has 0 saturated heterocycles. The largest absolute Gasteiger partial charge is 0.360 e. The maximum Gasteiger partial charge on any atom is 0.256 e. The van der Waals surface area contributed by atoms with Crippen LogP contribution in [0.5, 0.6) is 0 Å². The molecule has 112 valence electrons. The summed E-state index contributed by atoms with van der Waals surface area (Å²) in [6.07, 6.45) is 2.01. The molecule has 6 nitrogen and oxygen atoms in total. The lowest BCUT2D eigenvalue weighted by Gasteiger charge is -2.25. The Hall–Kier alpha value is -2.63. The molecule has 0 fully saturated rings. The number of hydrogen-bond donors (Lipinski definition) is 1. The molecule has 6 heteroatoms. The van der Waals surface area contributed by atoms with Crippen LogP contribution in [0.1, 0.15) is 33.7 Å². The minimum absolute atomic E-state index is 0.182. The summed E-state index contributed by atoms with van der Waals surface area (Å²) in [5.41, 5.74) is 3.78. The first-order chi connectivity index (χ1) is 10.6. The number of anilines is 2. The van der Waals surface area contributed by atoms with Gasteiger partial charge in [0.15, 0.2) is 5.82 Å². The van der Waals surface area contributed by atoms with Gasteiger partial charge in [0.1, 0.15) is 5.76 Å².